The van der Waals surface area contributed by atoms with Crippen molar-refractivity contribution in [3.63, 3.8) is 0 Å². The van der Waals surface area contributed by atoms with Crippen molar-refractivity contribution in [3.8, 4) is 11.4 Å². The van der Waals surface area contributed by atoms with Gasteiger partial charge in [0.05, 0.1) is 17.8 Å². The maximum Gasteiger partial charge on any atom is 0.335 e. The number of hydrogen-bond donors (Lipinski definition) is 1. The fraction of sp³-hybridized carbons (Fsp3) is 0.143. The lowest BCUT2D eigenvalue weighted by atomic mass is 10.1. The first-order valence-corrected chi connectivity index (χ1v) is 11.6. The van der Waals surface area contributed by atoms with Gasteiger partial charge in [0.1, 0.15) is 11.3 Å². The van der Waals surface area contributed by atoms with E-state index in [1.807, 2.05) is 57.2 Å². The first-order valence-electron chi connectivity index (χ1n) is 11.6. The molecule has 2 aromatic carbocycles. The lowest BCUT2D eigenvalue weighted by Crippen LogP contribution is -2.54. The van der Waals surface area contributed by atoms with Crippen molar-refractivity contribution in [2.24, 2.45) is 0 Å². The average molecular weight is 481 g/mol. The van der Waals surface area contributed by atoms with Gasteiger partial charge in [0.2, 0.25) is 0 Å². The molecule has 3 heterocycles. The van der Waals surface area contributed by atoms with E-state index in [1.54, 1.807) is 30.5 Å². The summed E-state index contributed by atoms with van der Waals surface area (Å²) in [6.45, 7) is 6.17. The normalized spacial score (nSPS) is 15.0. The number of nitrogens with one attached hydrogen (secondary N) is 1. The molecule has 1 aliphatic heterocycles. The molecule has 0 saturated carbocycles. The van der Waals surface area contributed by atoms with Crippen LogP contribution in [-0.2, 0) is 9.59 Å². The number of aryl methyl sites for hydroxylation is 1. The largest absolute Gasteiger partial charge is 0.494 e. The van der Waals surface area contributed by atoms with Crippen molar-refractivity contribution in [1.29, 1.82) is 0 Å². The number of anilines is 1. The van der Waals surface area contributed by atoms with Crippen LogP contribution in [0.2, 0.25) is 0 Å². The molecule has 4 aromatic rings. The van der Waals surface area contributed by atoms with Crippen LogP contribution in [0.25, 0.3) is 22.7 Å². The highest BCUT2D eigenvalue weighted by molar-refractivity contribution is 6.39. The first kappa shape index (κ1) is 23.0. The molecule has 0 radical (unpaired) electrons. The highest BCUT2D eigenvalue weighted by atomic mass is 16.5. The molecule has 2 aromatic heterocycles. The average Bonchev–Trinajstić information content (AvgIpc) is 3.14. The van der Waals surface area contributed by atoms with Crippen molar-refractivity contribution in [1.82, 2.24) is 14.9 Å². The summed E-state index contributed by atoms with van der Waals surface area (Å²) in [7, 11) is 0. The number of urea groups is 1. The van der Waals surface area contributed by atoms with E-state index in [-0.39, 0.29) is 5.57 Å². The number of carbonyl (C=O) groups excluding carboxylic acids is 3. The predicted molar refractivity (Wildman–Crippen MR) is 137 cm³/mol. The molecule has 8 nitrogen and oxygen atoms in total. The van der Waals surface area contributed by atoms with E-state index >= 15 is 0 Å². The fourth-order valence-electron chi connectivity index (χ4n) is 4.46. The summed E-state index contributed by atoms with van der Waals surface area (Å²) in [6.07, 6.45) is 3.29. The van der Waals surface area contributed by atoms with Crippen LogP contribution in [0.3, 0.4) is 0 Å². The molecule has 1 saturated heterocycles. The van der Waals surface area contributed by atoms with Gasteiger partial charge in [-0.3, -0.25) is 19.9 Å². The van der Waals surface area contributed by atoms with Crippen molar-refractivity contribution < 1.29 is 19.1 Å². The number of rotatable bonds is 5. The number of fused-ring (bicyclic) bond motifs is 1. The van der Waals surface area contributed by atoms with Gasteiger partial charge in [-0.15, -0.1) is 0 Å². The molecule has 4 amide bonds. The second-order valence-corrected chi connectivity index (χ2v) is 8.43. The molecule has 5 rings (SSSR count). The maximum atomic E-state index is 13.4. The summed E-state index contributed by atoms with van der Waals surface area (Å²) >= 11 is 0. The number of pyridine rings is 1. The summed E-state index contributed by atoms with van der Waals surface area (Å²) in [4.78, 5) is 44.0. The molecule has 1 N–H and O–H groups in total. The minimum absolute atomic E-state index is 0.126. The summed E-state index contributed by atoms with van der Waals surface area (Å²) in [5, 5.41) is 3.28. The number of imide groups is 2. The molecule has 180 valence electrons. The zero-order valence-electron chi connectivity index (χ0n) is 20.1. The summed E-state index contributed by atoms with van der Waals surface area (Å²) in [5.74, 6) is -0.907. The Labute approximate surface area is 207 Å². The molecular formula is C28H24N4O4. The Balaban J connectivity index is 1.54. The number of amides is 4. The fourth-order valence-corrected chi connectivity index (χ4v) is 4.46. The molecule has 1 aliphatic rings. The predicted octanol–water partition coefficient (Wildman–Crippen LogP) is 4.71. The molecule has 0 aliphatic carbocycles. The van der Waals surface area contributed by atoms with Crippen LogP contribution in [0, 0.1) is 13.8 Å². The van der Waals surface area contributed by atoms with E-state index in [1.165, 1.54) is 6.08 Å². The zero-order valence-corrected chi connectivity index (χ0v) is 20.1. The molecule has 8 heteroatoms. The van der Waals surface area contributed by atoms with E-state index in [0.717, 1.165) is 32.9 Å². The Bertz CT molecular complexity index is 1570. The van der Waals surface area contributed by atoms with Crippen LogP contribution in [-0.4, -0.2) is 34.0 Å². The zero-order chi connectivity index (χ0) is 25.4. The molecule has 36 heavy (non-hydrogen) atoms. The van der Waals surface area contributed by atoms with Gasteiger partial charge in [0.25, 0.3) is 11.8 Å². The van der Waals surface area contributed by atoms with Gasteiger partial charge in [-0.2, -0.15) is 0 Å². The molecule has 0 atom stereocenters. The van der Waals surface area contributed by atoms with Gasteiger partial charge in [-0.1, -0.05) is 12.1 Å². The van der Waals surface area contributed by atoms with Crippen LogP contribution in [0.1, 0.15) is 23.9 Å². The lowest BCUT2D eigenvalue weighted by molar-refractivity contribution is -0.122. The van der Waals surface area contributed by atoms with Gasteiger partial charge in [0.15, 0.2) is 0 Å². The Morgan fingerprint density at radius 2 is 1.81 bits per heavy atom. The number of ether oxygens (including phenoxy) is 1. The van der Waals surface area contributed by atoms with E-state index in [9.17, 15) is 14.4 Å². The monoisotopic (exact) mass is 480 g/mol. The number of benzene rings is 2. The number of carbonyl (C=O) groups is 3. The Morgan fingerprint density at radius 1 is 0.972 bits per heavy atom. The van der Waals surface area contributed by atoms with Crippen LogP contribution in [0.15, 0.2) is 72.4 Å². The standard InChI is InChI=1S/C28H24N4O4/c1-4-36-23-9-5-8-21(16-23)32-27(34)24(26(33)30-28(32)35)15-20-13-17(2)31(18(20)3)22-10-11-25-19(14-22)7-6-12-29-25/h5-16H,4H2,1-3H3,(H,30,33,35)/b24-15+. The van der Waals surface area contributed by atoms with E-state index in [2.05, 4.69) is 14.9 Å². The smallest absolute Gasteiger partial charge is 0.335 e. The topological polar surface area (TPSA) is 93.5 Å². The molecule has 0 unspecified atom stereocenters. The molecule has 1 fully saturated rings. The third-order valence-corrected chi connectivity index (χ3v) is 6.10. The van der Waals surface area contributed by atoms with E-state index < -0.39 is 17.8 Å². The van der Waals surface area contributed by atoms with Crippen molar-refractivity contribution in [2.75, 3.05) is 11.5 Å². The Hall–Kier alpha value is -4.72. The maximum absolute atomic E-state index is 13.4. The SMILES string of the molecule is CCOc1cccc(N2C(=O)NC(=O)/C(=C\c3cc(C)n(-c4ccc5ncccc5c4)c3C)C2=O)c1. The van der Waals surface area contributed by atoms with Crippen LogP contribution >= 0.6 is 0 Å². The third-order valence-electron chi connectivity index (χ3n) is 6.10. The number of hydrogen-bond acceptors (Lipinski definition) is 5. The Kier molecular flexibility index (Phi) is 5.85. The summed E-state index contributed by atoms with van der Waals surface area (Å²) in [6, 6.07) is 17.6. The van der Waals surface area contributed by atoms with Crippen molar-refractivity contribution in [2.45, 2.75) is 20.8 Å². The van der Waals surface area contributed by atoms with Crippen LogP contribution < -0.4 is 15.0 Å². The highest BCUT2D eigenvalue weighted by Crippen LogP contribution is 2.28. The highest BCUT2D eigenvalue weighted by Gasteiger charge is 2.37. The quantitative estimate of drug-likeness (QED) is 0.330. The number of nitrogens with zero attached hydrogens (tertiary/aromatic N) is 3. The summed E-state index contributed by atoms with van der Waals surface area (Å²) in [5.41, 5.74) is 4.52. The number of barbiturate groups is 1. The number of aromatic nitrogens is 2. The molecular weight excluding hydrogens is 456 g/mol. The molecule has 0 spiro atoms. The second kappa shape index (κ2) is 9.14. The van der Waals surface area contributed by atoms with Crippen molar-refractivity contribution in [3.05, 3.63) is 89.4 Å². The van der Waals surface area contributed by atoms with Gasteiger partial charge < -0.3 is 9.30 Å². The van der Waals surface area contributed by atoms with E-state index in [0.29, 0.717) is 23.6 Å². The van der Waals surface area contributed by atoms with Gasteiger partial charge in [0, 0.05) is 34.7 Å². The lowest BCUT2D eigenvalue weighted by Gasteiger charge is -2.26. The van der Waals surface area contributed by atoms with Gasteiger partial charge in [-0.05, 0) is 74.9 Å². The van der Waals surface area contributed by atoms with Crippen molar-refractivity contribution >= 4 is 40.5 Å². The van der Waals surface area contributed by atoms with Crippen LogP contribution in [0.5, 0.6) is 5.75 Å². The second-order valence-electron chi connectivity index (χ2n) is 8.43. The Morgan fingerprint density at radius 3 is 2.61 bits per heavy atom. The first-order chi connectivity index (χ1) is 17.4. The van der Waals surface area contributed by atoms with E-state index in [4.69, 9.17) is 4.74 Å². The minimum atomic E-state index is -0.800. The van der Waals surface area contributed by atoms with Gasteiger partial charge in [-0.25, -0.2) is 9.69 Å². The van der Waals surface area contributed by atoms with Gasteiger partial charge >= 0.3 is 6.03 Å². The summed E-state index contributed by atoms with van der Waals surface area (Å²) < 4.78 is 7.55. The minimum Gasteiger partial charge on any atom is -0.494 e. The molecule has 0 bridgehead atoms. The third kappa shape index (κ3) is 4.02. The van der Waals surface area contributed by atoms with Crippen LogP contribution in [0.4, 0.5) is 10.5 Å².